The number of aryl methyl sites for hydroxylation is 2. The van der Waals surface area contributed by atoms with Crippen molar-refractivity contribution in [1.29, 1.82) is 0 Å². The van der Waals surface area contributed by atoms with Crippen LogP contribution in [0.5, 0.6) is 0 Å². The first-order valence-electron chi connectivity index (χ1n) is 6.53. The average Bonchev–Trinajstić information content (AvgIpc) is 2.76. The number of hydrogen-bond acceptors (Lipinski definition) is 3. The summed E-state index contributed by atoms with van der Waals surface area (Å²) in [7, 11) is 0. The lowest BCUT2D eigenvalue weighted by molar-refractivity contribution is 0.0526. The third-order valence-corrected chi connectivity index (χ3v) is 4.24. The lowest BCUT2D eigenvalue weighted by Gasteiger charge is -2.24. The molecule has 0 fully saturated rings. The highest BCUT2D eigenvalue weighted by molar-refractivity contribution is 7.12. The maximum atomic E-state index is 12.1. The predicted octanol–water partition coefficient (Wildman–Crippen LogP) is 3.00. The first kappa shape index (κ1) is 14.8. The minimum Gasteiger partial charge on any atom is -0.384 e. The molecule has 0 aliphatic carbocycles. The van der Waals surface area contributed by atoms with Crippen molar-refractivity contribution in [2.45, 2.75) is 26.4 Å². The predicted molar refractivity (Wildman–Crippen MR) is 82.1 cm³/mol. The van der Waals surface area contributed by atoms with Gasteiger partial charge >= 0.3 is 0 Å². The molecular weight excluding hydrogens is 270 g/mol. The van der Waals surface area contributed by atoms with E-state index in [1.165, 1.54) is 0 Å². The zero-order valence-corrected chi connectivity index (χ0v) is 12.8. The number of aliphatic hydroxyl groups is 1. The summed E-state index contributed by atoms with van der Waals surface area (Å²) in [6, 6.07) is 11.2. The van der Waals surface area contributed by atoms with Gasteiger partial charge < -0.3 is 10.4 Å². The number of benzene rings is 1. The zero-order chi connectivity index (χ0) is 14.8. The number of nitrogens with one attached hydrogen (secondary N) is 1. The molecule has 1 heterocycles. The lowest BCUT2D eigenvalue weighted by Crippen LogP contribution is -2.38. The molecule has 1 aromatic carbocycles. The fraction of sp³-hybridized carbons (Fsp3) is 0.312. The van der Waals surface area contributed by atoms with Crippen LogP contribution in [0.15, 0.2) is 36.4 Å². The van der Waals surface area contributed by atoms with Crippen LogP contribution in [0.4, 0.5) is 0 Å². The summed E-state index contributed by atoms with van der Waals surface area (Å²) in [6.07, 6.45) is 0. The number of rotatable bonds is 4. The molecule has 106 valence electrons. The second-order valence-corrected chi connectivity index (χ2v) is 6.61. The monoisotopic (exact) mass is 289 g/mol. The Morgan fingerprint density at radius 3 is 2.50 bits per heavy atom. The maximum Gasteiger partial charge on any atom is 0.252 e. The van der Waals surface area contributed by atoms with Gasteiger partial charge in [0.15, 0.2) is 0 Å². The van der Waals surface area contributed by atoms with Gasteiger partial charge in [0.05, 0.1) is 12.1 Å². The standard InChI is InChI=1S/C16H19NO2S/c1-11-9-14(12(2)20-11)15(18)17-10-16(3,19)13-7-5-4-6-8-13/h4-9,19H,10H2,1-3H3,(H,17,18). The number of carbonyl (C=O) groups is 1. The first-order valence-corrected chi connectivity index (χ1v) is 7.35. The van der Waals surface area contributed by atoms with Crippen LogP contribution >= 0.6 is 11.3 Å². The third-order valence-electron chi connectivity index (χ3n) is 3.27. The number of amides is 1. The highest BCUT2D eigenvalue weighted by Gasteiger charge is 2.24. The molecule has 0 bridgehead atoms. The summed E-state index contributed by atoms with van der Waals surface area (Å²) in [5.41, 5.74) is 0.408. The molecule has 1 atom stereocenters. The van der Waals surface area contributed by atoms with E-state index in [-0.39, 0.29) is 12.5 Å². The molecule has 1 amide bonds. The molecule has 0 radical (unpaired) electrons. The molecule has 2 rings (SSSR count). The van der Waals surface area contributed by atoms with Crippen LogP contribution in [0.3, 0.4) is 0 Å². The van der Waals surface area contributed by atoms with Crippen molar-refractivity contribution in [2.75, 3.05) is 6.54 Å². The van der Waals surface area contributed by atoms with Gasteiger partial charge in [-0.15, -0.1) is 11.3 Å². The van der Waals surface area contributed by atoms with Crippen molar-refractivity contribution in [3.05, 3.63) is 57.3 Å². The van der Waals surface area contributed by atoms with E-state index in [1.807, 2.05) is 50.2 Å². The summed E-state index contributed by atoms with van der Waals surface area (Å²) in [5, 5.41) is 13.3. The van der Waals surface area contributed by atoms with Gasteiger partial charge in [0, 0.05) is 9.75 Å². The molecular formula is C16H19NO2S. The highest BCUT2D eigenvalue weighted by Crippen LogP contribution is 2.22. The fourth-order valence-corrected chi connectivity index (χ4v) is 3.02. The van der Waals surface area contributed by atoms with Gasteiger partial charge in [-0.1, -0.05) is 30.3 Å². The van der Waals surface area contributed by atoms with Gasteiger partial charge in [0.25, 0.3) is 5.91 Å². The minimum absolute atomic E-state index is 0.136. The molecule has 4 heteroatoms. The zero-order valence-electron chi connectivity index (χ0n) is 11.9. The van der Waals surface area contributed by atoms with Crippen LogP contribution in [-0.2, 0) is 5.60 Å². The van der Waals surface area contributed by atoms with Crippen molar-refractivity contribution >= 4 is 17.2 Å². The van der Waals surface area contributed by atoms with Gasteiger partial charge in [-0.25, -0.2) is 0 Å². The van der Waals surface area contributed by atoms with Gasteiger partial charge in [-0.2, -0.15) is 0 Å². The fourth-order valence-electron chi connectivity index (χ4n) is 2.10. The molecule has 1 aromatic heterocycles. The van der Waals surface area contributed by atoms with E-state index in [1.54, 1.807) is 18.3 Å². The second kappa shape index (κ2) is 5.77. The van der Waals surface area contributed by atoms with E-state index in [4.69, 9.17) is 0 Å². The molecule has 0 saturated carbocycles. The summed E-state index contributed by atoms with van der Waals surface area (Å²) in [5.74, 6) is -0.136. The van der Waals surface area contributed by atoms with E-state index in [2.05, 4.69) is 5.32 Å². The van der Waals surface area contributed by atoms with Crippen molar-refractivity contribution in [3.8, 4) is 0 Å². The van der Waals surface area contributed by atoms with Crippen LogP contribution in [0.2, 0.25) is 0 Å². The van der Waals surface area contributed by atoms with Gasteiger partial charge in [0.1, 0.15) is 5.60 Å². The van der Waals surface area contributed by atoms with Gasteiger partial charge in [-0.05, 0) is 32.4 Å². The number of hydrogen-bond donors (Lipinski definition) is 2. The highest BCUT2D eigenvalue weighted by atomic mass is 32.1. The van der Waals surface area contributed by atoms with Crippen LogP contribution in [-0.4, -0.2) is 17.6 Å². The Bertz CT molecular complexity index is 602. The Morgan fingerprint density at radius 1 is 1.30 bits per heavy atom. The quantitative estimate of drug-likeness (QED) is 0.909. The topological polar surface area (TPSA) is 49.3 Å². The summed E-state index contributed by atoms with van der Waals surface area (Å²) < 4.78 is 0. The molecule has 2 N–H and O–H groups in total. The summed E-state index contributed by atoms with van der Waals surface area (Å²) >= 11 is 1.60. The SMILES string of the molecule is Cc1cc(C(=O)NCC(C)(O)c2ccccc2)c(C)s1. The van der Waals surface area contributed by atoms with Crippen molar-refractivity contribution in [1.82, 2.24) is 5.32 Å². The molecule has 0 saturated heterocycles. The molecule has 3 nitrogen and oxygen atoms in total. The Morgan fingerprint density at radius 2 is 1.95 bits per heavy atom. The maximum absolute atomic E-state index is 12.1. The molecule has 2 aromatic rings. The van der Waals surface area contributed by atoms with Crippen molar-refractivity contribution in [3.63, 3.8) is 0 Å². The van der Waals surface area contributed by atoms with Crippen LogP contribution in [0, 0.1) is 13.8 Å². The van der Waals surface area contributed by atoms with Gasteiger partial charge in [-0.3, -0.25) is 4.79 Å². The van der Waals surface area contributed by atoms with Gasteiger partial charge in [0.2, 0.25) is 0 Å². The Balaban J connectivity index is 2.05. The summed E-state index contributed by atoms with van der Waals surface area (Å²) in [6.45, 7) is 5.80. The molecule has 0 aliphatic rings. The normalized spacial score (nSPS) is 13.8. The molecule has 1 unspecified atom stereocenters. The van der Waals surface area contributed by atoms with E-state index in [0.29, 0.717) is 5.56 Å². The van der Waals surface area contributed by atoms with Crippen LogP contribution in [0.25, 0.3) is 0 Å². The smallest absolute Gasteiger partial charge is 0.252 e. The van der Waals surface area contributed by atoms with E-state index < -0.39 is 5.60 Å². The third kappa shape index (κ3) is 3.26. The first-order chi connectivity index (χ1) is 9.40. The molecule has 0 spiro atoms. The number of carbonyl (C=O) groups excluding carboxylic acids is 1. The van der Waals surface area contributed by atoms with Crippen molar-refractivity contribution in [2.24, 2.45) is 0 Å². The van der Waals surface area contributed by atoms with E-state index in [9.17, 15) is 9.90 Å². The lowest BCUT2D eigenvalue weighted by atomic mass is 9.96. The van der Waals surface area contributed by atoms with E-state index in [0.717, 1.165) is 15.3 Å². The number of thiophene rings is 1. The minimum atomic E-state index is -1.07. The Labute approximate surface area is 123 Å². The average molecular weight is 289 g/mol. The van der Waals surface area contributed by atoms with Crippen LogP contribution < -0.4 is 5.32 Å². The molecule has 20 heavy (non-hydrogen) atoms. The Kier molecular flexibility index (Phi) is 4.26. The van der Waals surface area contributed by atoms with Crippen molar-refractivity contribution < 1.29 is 9.90 Å². The summed E-state index contributed by atoms with van der Waals surface area (Å²) in [4.78, 5) is 14.3. The van der Waals surface area contributed by atoms with Crippen LogP contribution in [0.1, 0.15) is 32.6 Å². The molecule has 0 aliphatic heterocycles. The van der Waals surface area contributed by atoms with E-state index >= 15 is 0 Å². The second-order valence-electron chi connectivity index (χ2n) is 5.15. The Hall–Kier alpha value is -1.65. The largest absolute Gasteiger partial charge is 0.384 e.